The maximum Gasteiger partial charge on any atom is 0.0991 e. The Morgan fingerprint density at radius 3 is 2.76 bits per heavy atom. The van der Waals surface area contributed by atoms with Crippen LogP contribution in [-0.2, 0) is 0 Å². The Morgan fingerprint density at radius 2 is 2.12 bits per heavy atom. The molecule has 0 aromatic heterocycles. The molecule has 0 aliphatic carbocycles. The van der Waals surface area contributed by atoms with Crippen LogP contribution in [0.15, 0.2) is 24.3 Å². The van der Waals surface area contributed by atoms with Crippen LogP contribution in [0.5, 0.6) is 0 Å². The van der Waals surface area contributed by atoms with Crippen LogP contribution in [0.1, 0.15) is 57.2 Å². The average molecular weight is 230 g/mol. The van der Waals surface area contributed by atoms with Gasteiger partial charge in [-0.15, -0.1) is 0 Å². The summed E-state index contributed by atoms with van der Waals surface area (Å²) in [4.78, 5) is 0. The first-order valence-corrected chi connectivity index (χ1v) is 6.43. The molecule has 0 amide bonds. The molecular formula is C15H22N2. The fourth-order valence-electron chi connectivity index (χ4n) is 1.99. The topological polar surface area (TPSA) is 35.8 Å². The van der Waals surface area contributed by atoms with E-state index in [2.05, 4.69) is 38.2 Å². The van der Waals surface area contributed by atoms with Crippen molar-refractivity contribution >= 4 is 0 Å². The lowest BCUT2D eigenvalue weighted by Crippen LogP contribution is -2.28. The summed E-state index contributed by atoms with van der Waals surface area (Å²) in [6.45, 7) is 6.59. The lowest BCUT2D eigenvalue weighted by Gasteiger charge is -2.20. The highest BCUT2D eigenvalue weighted by Crippen LogP contribution is 2.15. The fourth-order valence-corrected chi connectivity index (χ4v) is 1.99. The highest BCUT2D eigenvalue weighted by molar-refractivity contribution is 5.34. The van der Waals surface area contributed by atoms with Crippen molar-refractivity contribution in [2.75, 3.05) is 0 Å². The van der Waals surface area contributed by atoms with Crippen LogP contribution in [0.3, 0.4) is 0 Å². The molecule has 2 atom stereocenters. The van der Waals surface area contributed by atoms with Crippen LogP contribution in [-0.4, -0.2) is 6.04 Å². The van der Waals surface area contributed by atoms with Crippen molar-refractivity contribution in [3.05, 3.63) is 35.4 Å². The van der Waals surface area contributed by atoms with Crippen LogP contribution >= 0.6 is 0 Å². The first-order chi connectivity index (χ1) is 8.17. The highest BCUT2D eigenvalue weighted by Gasteiger charge is 2.09. The molecule has 2 heteroatoms. The summed E-state index contributed by atoms with van der Waals surface area (Å²) in [5, 5.41) is 12.4. The normalized spacial score (nSPS) is 14.0. The molecule has 1 rings (SSSR count). The van der Waals surface area contributed by atoms with Gasteiger partial charge < -0.3 is 5.32 Å². The van der Waals surface area contributed by atoms with Gasteiger partial charge in [-0.3, -0.25) is 0 Å². The van der Waals surface area contributed by atoms with Crippen molar-refractivity contribution in [3.8, 4) is 6.07 Å². The Labute approximate surface area is 105 Å². The van der Waals surface area contributed by atoms with Crippen LogP contribution in [0.25, 0.3) is 0 Å². The molecule has 2 nitrogen and oxygen atoms in total. The van der Waals surface area contributed by atoms with Gasteiger partial charge in [-0.2, -0.15) is 5.26 Å². The van der Waals surface area contributed by atoms with E-state index >= 15 is 0 Å². The summed E-state index contributed by atoms with van der Waals surface area (Å²) < 4.78 is 0. The molecule has 0 aliphatic rings. The zero-order chi connectivity index (χ0) is 12.7. The molecule has 1 N–H and O–H groups in total. The molecule has 1 aromatic rings. The minimum absolute atomic E-state index is 0.301. The van der Waals surface area contributed by atoms with Gasteiger partial charge in [0.2, 0.25) is 0 Å². The van der Waals surface area contributed by atoms with Crippen LogP contribution < -0.4 is 5.32 Å². The third-order valence-corrected chi connectivity index (χ3v) is 3.04. The van der Waals surface area contributed by atoms with E-state index < -0.39 is 0 Å². The van der Waals surface area contributed by atoms with E-state index in [-0.39, 0.29) is 0 Å². The summed E-state index contributed by atoms with van der Waals surface area (Å²) >= 11 is 0. The largest absolute Gasteiger partial charge is 0.308 e. The summed E-state index contributed by atoms with van der Waals surface area (Å²) in [6, 6.07) is 10.8. The predicted octanol–water partition coefficient (Wildman–Crippen LogP) is 3.79. The Balaban J connectivity index is 2.57. The zero-order valence-corrected chi connectivity index (χ0v) is 11.0. The van der Waals surface area contributed by atoms with Crippen molar-refractivity contribution in [2.24, 2.45) is 0 Å². The molecule has 0 fully saturated rings. The first kappa shape index (κ1) is 13.7. The van der Waals surface area contributed by atoms with Crippen molar-refractivity contribution in [2.45, 2.75) is 52.1 Å². The fraction of sp³-hybridized carbons (Fsp3) is 0.533. The molecule has 0 radical (unpaired) electrons. The number of nitriles is 1. The van der Waals surface area contributed by atoms with Gasteiger partial charge in [0, 0.05) is 12.1 Å². The predicted molar refractivity (Wildman–Crippen MR) is 71.7 cm³/mol. The second-order valence-electron chi connectivity index (χ2n) is 4.67. The Kier molecular flexibility index (Phi) is 5.72. The number of hydrogen-bond acceptors (Lipinski definition) is 2. The van der Waals surface area contributed by atoms with E-state index in [0.717, 1.165) is 5.56 Å². The monoisotopic (exact) mass is 230 g/mol. The van der Waals surface area contributed by atoms with Crippen molar-refractivity contribution in [1.29, 1.82) is 5.26 Å². The number of unbranched alkanes of at least 4 members (excludes halogenated alkanes) is 1. The lowest BCUT2D eigenvalue weighted by molar-refractivity contribution is 0.444. The summed E-state index contributed by atoms with van der Waals surface area (Å²) in [7, 11) is 0. The molecule has 0 heterocycles. The first-order valence-electron chi connectivity index (χ1n) is 6.43. The molecule has 17 heavy (non-hydrogen) atoms. The van der Waals surface area contributed by atoms with Crippen LogP contribution in [0.4, 0.5) is 0 Å². The number of rotatable bonds is 6. The average Bonchev–Trinajstić information content (AvgIpc) is 2.36. The van der Waals surface area contributed by atoms with E-state index in [9.17, 15) is 0 Å². The summed E-state index contributed by atoms with van der Waals surface area (Å²) in [5.41, 5.74) is 1.92. The van der Waals surface area contributed by atoms with Crippen LogP contribution in [0.2, 0.25) is 0 Å². The van der Waals surface area contributed by atoms with Gasteiger partial charge in [-0.1, -0.05) is 31.9 Å². The molecule has 0 saturated heterocycles. The number of hydrogen-bond donors (Lipinski definition) is 1. The van der Waals surface area contributed by atoms with E-state index in [1.165, 1.54) is 24.8 Å². The van der Waals surface area contributed by atoms with Gasteiger partial charge in [0.1, 0.15) is 0 Å². The zero-order valence-electron chi connectivity index (χ0n) is 11.0. The molecule has 1 aromatic carbocycles. The minimum Gasteiger partial charge on any atom is -0.308 e. The standard InChI is InChI=1S/C15H22N2/c1-4-5-7-12(2)17-13(3)15-9-6-8-14(10-15)11-16/h6,8-10,12-13,17H,4-5,7H2,1-3H3. The van der Waals surface area contributed by atoms with Crippen molar-refractivity contribution in [3.63, 3.8) is 0 Å². The van der Waals surface area contributed by atoms with E-state index in [1.807, 2.05) is 18.2 Å². The molecular weight excluding hydrogens is 208 g/mol. The third-order valence-electron chi connectivity index (χ3n) is 3.04. The second-order valence-corrected chi connectivity index (χ2v) is 4.67. The van der Waals surface area contributed by atoms with E-state index in [0.29, 0.717) is 12.1 Å². The summed E-state index contributed by atoms with van der Waals surface area (Å²) in [5.74, 6) is 0. The maximum atomic E-state index is 8.87. The molecule has 0 aliphatic heterocycles. The van der Waals surface area contributed by atoms with Crippen LogP contribution in [0, 0.1) is 11.3 Å². The SMILES string of the molecule is CCCCC(C)NC(C)c1cccc(C#N)c1. The molecule has 2 unspecified atom stereocenters. The Bertz CT molecular complexity index is 379. The van der Waals surface area contributed by atoms with Gasteiger partial charge in [0.15, 0.2) is 0 Å². The molecule has 0 saturated carbocycles. The van der Waals surface area contributed by atoms with Crippen molar-refractivity contribution < 1.29 is 0 Å². The minimum atomic E-state index is 0.301. The number of nitrogens with one attached hydrogen (secondary N) is 1. The lowest BCUT2D eigenvalue weighted by atomic mass is 10.0. The molecule has 0 spiro atoms. The van der Waals surface area contributed by atoms with Gasteiger partial charge in [-0.25, -0.2) is 0 Å². The molecule has 0 bridgehead atoms. The smallest absolute Gasteiger partial charge is 0.0991 e. The van der Waals surface area contributed by atoms with Gasteiger partial charge in [0.05, 0.1) is 11.6 Å². The van der Waals surface area contributed by atoms with Gasteiger partial charge in [-0.05, 0) is 38.0 Å². The third kappa shape index (κ3) is 4.58. The van der Waals surface area contributed by atoms with Gasteiger partial charge in [0.25, 0.3) is 0 Å². The second kappa shape index (κ2) is 7.09. The molecule has 92 valence electrons. The number of benzene rings is 1. The van der Waals surface area contributed by atoms with E-state index in [4.69, 9.17) is 5.26 Å². The highest BCUT2D eigenvalue weighted by atomic mass is 14.9. The Hall–Kier alpha value is -1.33. The Morgan fingerprint density at radius 1 is 1.35 bits per heavy atom. The van der Waals surface area contributed by atoms with Gasteiger partial charge >= 0.3 is 0 Å². The maximum absolute atomic E-state index is 8.87. The van der Waals surface area contributed by atoms with E-state index in [1.54, 1.807) is 0 Å². The van der Waals surface area contributed by atoms with Crippen molar-refractivity contribution in [1.82, 2.24) is 5.32 Å². The number of nitrogens with zero attached hydrogens (tertiary/aromatic N) is 1. The quantitative estimate of drug-likeness (QED) is 0.807. The summed E-state index contributed by atoms with van der Waals surface area (Å²) in [6.07, 6.45) is 3.71.